The van der Waals surface area contributed by atoms with Crippen LogP contribution < -0.4 is 10.6 Å². The molecule has 2 aromatic rings. The molecule has 1 heterocycles. The van der Waals surface area contributed by atoms with Gasteiger partial charge in [-0.05, 0) is 12.1 Å². The third-order valence-corrected chi connectivity index (χ3v) is 2.46. The van der Waals surface area contributed by atoms with Crippen LogP contribution >= 0.6 is 11.5 Å². The van der Waals surface area contributed by atoms with Crippen LogP contribution in [-0.2, 0) is 0 Å². The fourth-order valence-electron chi connectivity index (χ4n) is 1.11. The normalized spacial score (nSPS) is 10.2. The van der Waals surface area contributed by atoms with Crippen molar-refractivity contribution in [2.75, 3.05) is 10.6 Å². The Morgan fingerprint density at radius 1 is 1.17 bits per heavy atom. The van der Waals surface area contributed by atoms with Gasteiger partial charge in [0.1, 0.15) is 5.00 Å². The summed E-state index contributed by atoms with van der Waals surface area (Å²) in [5.41, 5.74) is -0.469. The van der Waals surface area contributed by atoms with Crippen LogP contribution in [0.25, 0.3) is 0 Å². The van der Waals surface area contributed by atoms with E-state index in [-0.39, 0.29) is 0 Å². The minimum absolute atomic E-state index is 0.329. The molecule has 0 fully saturated rings. The largest absolute Gasteiger partial charge is 0.324 e. The van der Waals surface area contributed by atoms with Crippen molar-refractivity contribution in [3.63, 3.8) is 0 Å². The van der Waals surface area contributed by atoms with Crippen molar-refractivity contribution >= 4 is 28.3 Å². The van der Waals surface area contributed by atoms with Gasteiger partial charge < -0.3 is 5.32 Å². The standard InChI is InChI=1S/C9H5F3N4OS/c10-4-1-2-5(8(12)7(4)11)14-9(17)15-6-3-13-16-18-6/h1-3H,(H2,14,15,17). The van der Waals surface area contributed by atoms with Crippen molar-refractivity contribution < 1.29 is 18.0 Å². The molecule has 5 nitrogen and oxygen atoms in total. The number of rotatable bonds is 2. The molecular formula is C9H5F3N4OS. The number of anilines is 2. The lowest BCUT2D eigenvalue weighted by Gasteiger charge is -2.07. The van der Waals surface area contributed by atoms with E-state index in [0.29, 0.717) is 11.1 Å². The summed E-state index contributed by atoms with van der Waals surface area (Å²) in [7, 11) is 0. The molecule has 0 atom stereocenters. The number of urea groups is 1. The molecule has 18 heavy (non-hydrogen) atoms. The van der Waals surface area contributed by atoms with Crippen molar-refractivity contribution in [2.24, 2.45) is 0 Å². The predicted octanol–water partition coefficient (Wildman–Crippen LogP) is 2.60. The van der Waals surface area contributed by atoms with Gasteiger partial charge in [0.15, 0.2) is 17.5 Å². The maximum Gasteiger partial charge on any atom is 0.324 e. The van der Waals surface area contributed by atoms with Gasteiger partial charge in [-0.3, -0.25) is 5.32 Å². The third kappa shape index (κ3) is 2.56. The SMILES string of the molecule is O=C(Nc1cnns1)Nc1ccc(F)c(F)c1F. The number of nitrogens with zero attached hydrogens (tertiary/aromatic N) is 2. The number of hydrogen-bond acceptors (Lipinski definition) is 4. The number of benzene rings is 1. The minimum Gasteiger partial charge on any atom is -0.305 e. The van der Waals surface area contributed by atoms with E-state index in [9.17, 15) is 18.0 Å². The molecule has 0 saturated carbocycles. The maximum atomic E-state index is 13.2. The van der Waals surface area contributed by atoms with E-state index in [2.05, 4.69) is 14.9 Å². The molecule has 2 N–H and O–H groups in total. The Kier molecular flexibility index (Phi) is 3.42. The molecule has 1 aromatic carbocycles. The van der Waals surface area contributed by atoms with Crippen molar-refractivity contribution in [1.82, 2.24) is 9.59 Å². The van der Waals surface area contributed by atoms with Crippen molar-refractivity contribution in [1.29, 1.82) is 0 Å². The van der Waals surface area contributed by atoms with E-state index in [4.69, 9.17) is 0 Å². The molecular weight excluding hydrogens is 269 g/mol. The molecule has 0 radical (unpaired) electrons. The zero-order chi connectivity index (χ0) is 13.1. The summed E-state index contributed by atoms with van der Waals surface area (Å²) in [5, 5.41) is 8.13. The van der Waals surface area contributed by atoms with Crippen molar-refractivity contribution in [3.8, 4) is 0 Å². The summed E-state index contributed by atoms with van der Waals surface area (Å²) in [4.78, 5) is 11.4. The molecule has 0 bridgehead atoms. The lowest BCUT2D eigenvalue weighted by Crippen LogP contribution is -2.20. The van der Waals surface area contributed by atoms with Gasteiger partial charge in [0.05, 0.1) is 11.9 Å². The Bertz CT molecular complexity index is 575. The molecule has 0 saturated heterocycles. The molecule has 0 aliphatic rings. The Hall–Kier alpha value is -2.16. The van der Waals surface area contributed by atoms with Crippen LogP contribution in [0.3, 0.4) is 0 Å². The highest BCUT2D eigenvalue weighted by molar-refractivity contribution is 7.10. The molecule has 1 aromatic heterocycles. The molecule has 2 amide bonds. The van der Waals surface area contributed by atoms with Gasteiger partial charge in [-0.25, -0.2) is 18.0 Å². The van der Waals surface area contributed by atoms with Gasteiger partial charge in [-0.1, -0.05) is 4.49 Å². The zero-order valence-electron chi connectivity index (χ0n) is 8.58. The number of aromatic nitrogens is 2. The molecule has 2 rings (SSSR count). The number of carbonyl (C=O) groups excluding carboxylic acids is 1. The first-order chi connectivity index (χ1) is 8.58. The second kappa shape index (κ2) is 5.00. The highest BCUT2D eigenvalue weighted by Gasteiger charge is 2.15. The number of nitrogens with one attached hydrogen (secondary N) is 2. The van der Waals surface area contributed by atoms with Gasteiger partial charge in [0, 0.05) is 11.5 Å². The highest BCUT2D eigenvalue weighted by atomic mass is 32.1. The Morgan fingerprint density at radius 2 is 1.94 bits per heavy atom. The smallest absolute Gasteiger partial charge is 0.305 e. The van der Waals surface area contributed by atoms with Crippen LogP contribution in [0.2, 0.25) is 0 Å². The summed E-state index contributed by atoms with van der Waals surface area (Å²) < 4.78 is 42.2. The number of hydrogen-bond donors (Lipinski definition) is 2. The topological polar surface area (TPSA) is 66.9 Å². The first kappa shape index (κ1) is 12.3. The summed E-state index contributed by atoms with van der Waals surface area (Å²) in [6.07, 6.45) is 1.28. The van der Waals surface area contributed by atoms with Crippen LogP contribution in [0.4, 0.5) is 28.7 Å². The summed E-state index contributed by atoms with van der Waals surface area (Å²) >= 11 is 0.911. The van der Waals surface area contributed by atoms with Gasteiger partial charge in [0.2, 0.25) is 0 Å². The van der Waals surface area contributed by atoms with Crippen LogP contribution in [0, 0.1) is 17.5 Å². The lowest BCUT2D eigenvalue weighted by molar-refractivity contribution is 0.262. The second-order valence-electron chi connectivity index (χ2n) is 3.08. The zero-order valence-corrected chi connectivity index (χ0v) is 9.39. The van der Waals surface area contributed by atoms with Crippen molar-refractivity contribution in [2.45, 2.75) is 0 Å². The minimum atomic E-state index is -1.65. The molecule has 94 valence electrons. The third-order valence-electron chi connectivity index (χ3n) is 1.88. The van der Waals surface area contributed by atoms with E-state index >= 15 is 0 Å². The predicted molar refractivity (Wildman–Crippen MR) is 58.9 cm³/mol. The van der Waals surface area contributed by atoms with Crippen LogP contribution in [-0.4, -0.2) is 15.6 Å². The summed E-state index contributed by atoms with van der Waals surface area (Å²) in [6, 6.07) is 0.812. The average molecular weight is 274 g/mol. The number of carbonyl (C=O) groups is 1. The first-order valence-electron chi connectivity index (χ1n) is 4.57. The Balaban J connectivity index is 2.10. The van der Waals surface area contributed by atoms with E-state index in [0.717, 1.165) is 17.6 Å². The molecule has 0 spiro atoms. The first-order valence-corrected chi connectivity index (χ1v) is 5.34. The van der Waals surface area contributed by atoms with E-state index in [1.165, 1.54) is 6.20 Å². The monoisotopic (exact) mass is 274 g/mol. The van der Waals surface area contributed by atoms with Crippen LogP contribution in [0.5, 0.6) is 0 Å². The highest BCUT2D eigenvalue weighted by Crippen LogP contribution is 2.20. The van der Waals surface area contributed by atoms with E-state index < -0.39 is 29.2 Å². The summed E-state index contributed by atoms with van der Waals surface area (Å²) in [6.45, 7) is 0. The molecule has 0 unspecified atom stereocenters. The van der Waals surface area contributed by atoms with Crippen LogP contribution in [0.1, 0.15) is 0 Å². The molecule has 0 aliphatic heterocycles. The van der Waals surface area contributed by atoms with E-state index in [1.54, 1.807) is 0 Å². The maximum absolute atomic E-state index is 13.2. The van der Waals surface area contributed by atoms with Crippen LogP contribution in [0.15, 0.2) is 18.3 Å². The Labute approximate surface area is 103 Å². The number of amides is 2. The van der Waals surface area contributed by atoms with Gasteiger partial charge in [-0.15, -0.1) is 5.10 Å². The van der Waals surface area contributed by atoms with Crippen molar-refractivity contribution in [3.05, 3.63) is 35.8 Å². The Morgan fingerprint density at radius 3 is 2.61 bits per heavy atom. The average Bonchev–Trinajstić information content (AvgIpc) is 2.83. The van der Waals surface area contributed by atoms with Gasteiger partial charge >= 0.3 is 6.03 Å². The van der Waals surface area contributed by atoms with Gasteiger partial charge in [0.25, 0.3) is 0 Å². The summed E-state index contributed by atoms with van der Waals surface area (Å²) in [5.74, 6) is -4.44. The molecule has 9 heteroatoms. The number of halogens is 3. The lowest BCUT2D eigenvalue weighted by atomic mass is 10.3. The van der Waals surface area contributed by atoms with E-state index in [1.807, 2.05) is 5.32 Å². The fourth-order valence-corrected chi connectivity index (χ4v) is 1.52. The van der Waals surface area contributed by atoms with Gasteiger partial charge in [-0.2, -0.15) is 0 Å². The quantitative estimate of drug-likeness (QED) is 0.827. The molecule has 0 aliphatic carbocycles. The fraction of sp³-hybridized carbons (Fsp3) is 0. The second-order valence-corrected chi connectivity index (χ2v) is 3.87.